The molecule has 0 amide bonds. The van der Waals surface area contributed by atoms with Gasteiger partial charge in [0.15, 0.2) is 0 Å². The molecule has 0 aromatic heterocycles. The molecule has 0 N–H and O–H groups in total. The first kappa shape index (κ1) is 40.7. The zero-order valence-electron chi connectivity index (χ0n) is 35.0. The van der Waals surface area contributed by atoms with Crippen LogP contribution in [0.25, 0.3) is 0 Å². The lowest BCUT2D eigenvalue weighted by Crippen LogP contribution is -2.70. The van der Waals surface area contributed by atoms with Gasteiger partial charge in [0.05, 0.1) is 31.8 Å². The lowest BCUT2D eigenvalue weighted by atomic mass is 9.34. The molecule has 5 rings (SSSR count). The number of esters is 2. The molecule has 13 atom stereocenters. The van der Waals surface area contributed by atoms with Gasteiger partial charge in [0.25, 0.3) is 0 Å². The fourth-order valence-corrected chi connectivity index (χ4v) is 13.4. The number of rotatable bonds is 12. The maximum absolute atomic E-state index is 14.5. The Labute approximate surface area is 311 Å². The van der Waals surface area contributed by atoms with Crippen molar-refractivity contribution in [3.63, 3.8) is 0 Å². The van der Waals surface area contributed by atoms with E-state index in [4.69, 9.17) is 18.9 Å². The van der Waals surface area contributed by atoms with Crippen molar-refractivity contribution in [2.24, 2.45) is 62.6 Å². The van der Waals surface area contributed by atoms with Gasteiger partial charge in [-0.1, -0.05) is 87.3 Å². The molecule has 7 nitrogen and oxygen atoms in total. The molecule has 2 bridgehead atoms. The monoisotopic (exact) mass is 714 g/mol. The van der Waals surface area contributed by atoms with Crippen molar-refractivity contribution in [3.05, 3.63) is 11.6 Å². The quantitative estimate of drug-likeness (QED) is 0.114. The first-order valence-electron chi connectivity index (χ1n) is 20.7. The fourth-order valence-electron chi connectivity index (χ4n) is 13.4. The van der Waals surface area contributed by atoms with Crippen molar-refractivity contribution in [2.75, 3.05) is 33.9 Å². The van der Waals surface area contributed by atoms with Crippen LogP contribution < -0.4 is 0 Å². The maximum Gasteiger partial charge on any atom is 0.310 e. The summed E-state index contributed by atoms with van der Waals surface area (Å²) in [5.74, 6) is 1.56. The van der Waals surface area contributed by atoms with E-state index in [1.807, 2.05) is 0 Å². The van der Waals surface area contributed by atoms with Gasteiger partial charge < -0.3 is 23.8 Å². The maximum atomic E-state index is 14.5. The van der Waals surface area contributed by atoms with E-state index in [1.54, 1.807) is 6.92 Å². The molecular weight excluding hydrogens is 638 g/mol. The summed E-state index contributed by atoms with van der Waals surface area (Å²) in [6, 6.07) is 0.231. The Kier molecular flexibility index (Phi) is 11.7. The summed E-state index contributed by atoms with van der Waals surface area (Å²) in [7, 11) is 4.26. The molecule has 0 aromatic carbocycles. The van der Waals surface area contributed by atoms with Crippen LogP contribution in [0.1, 0.15) is 134 Å². The highest BCUT2D eigenvalue weighted by atomic mass is 16.6. The van der Waals surface area contributed by atoms with Crippen molar-refractivity contribution >= 4 is 11.9 Å². The number of allylic oxidation sites excluding steroid dienone is 1. The zero-order valence-corrected chi connectivity index (χ0v) is 35.0. The largest absolute Gasteiger partial charge is 0.465 e. The van der Waals surface area contributed by atoms with Crippen molar-refractivity contribution in [2.45, 2.75) is 159 Å². The van der Waals surface area contributed by atoms with Crippen molar-refractivity contribution in [3.8, 4) is 0 Å². The van der Waals surface area contributed by atoms with Crippen LogP contribution in [0.3, 0.4) is 0 Å². The summed E-state index contributed by atoms with van der Waals surface area (Å²) in [4.78, 5) is 29.6. The Hall–Kier alpha value is -1.44. The number of hydrogen-bond donors (Lipinski definition) is 0. The van der Waals surface area contributed by atoms with E-state index in [0.29, 0.717) is 49.4 Å². The average molecular weight is 714 g/mol. The fraction of sp³-hybridized carbons (Fsp3) is 0.909. The zero-order chi connectivity index (χ0) is 37.9. The van der Waals surface area contributed by atoms with Crippen molar-refractivity contribution < 1.29 is 28.5 Å². The van der Waals surface area contributed by atoms with Gasteiger partial charge in [-0.25, -0.2) is 0 Å². The highest BCUT2D eigenvalue weighted by Crippen LogP contribution is 2.75. The Morgan fingerprint density at radius 1 is 0.961 bits per heavy atom. The van der Waals surface area contributed by atoms with E-state index in [2.05, 4.69) is 101 Å². The highest BCUT2D eigenvalue weighted by molar-refractivity contribution is 5.75. The molecule has 2 unspecified atom stereocenters. The summed E-state index contributed by atoms with van der Waals surface area (Å²) in [5, 5.41) is 0. The SMILES string of the molecule is CCCCOC(=O)[C@@H]1[C@@](C)([C@H](C)C(C)C)CC[C@]2(C)[C@H]3CC[C@@H]4[C@@]5(COC[C@]4(C)[C@@H](OC(C)C(C(C)C)N(C)C)[C@H](OC(C)=O)C5)C3=CC[C@@]12C. The Bertz CT molecular complexity index is 1300. The third-order valence-corrected chi connectivity index (χ3v) is 16.2. The molecule has 0 aromatic rings. The number of nitrogens with zero attached hydrogens (tertiary/aromatic N) is 1. The molecule has 51 heavy (non-hydrogen) atoms. The molecule has 1 aliphatic heterocycles. The lowest BCUT2D eigenvalue weighted by Gasteiger charge is -2.71. The van der Waals surface area contributed by atoms with E-state index in [1.165, 1.54) is 5.57 Å². The molecule has 0 spiro atoms. The summed E-state index contributed by atoms with van der Waals surface area (Å²) >= 11 is 0. The molecule has 3 saturated carbocycles. The van der Waals surface area contributed by atoms with Crippen molar-refractivity contribution in [1.29, 1.82) is 0 Å². The van der Waals surface area contributed by atoms with Gasteiger partial charge >= 0.3 is 11.9 Å². The Morgan fingerprint density at radius 3 is 2.24 bits per heavy atom. The number of hydrogen-bond acceptors (Lipinski definition) is 7. The van der Waals surface area contributed by atoms with Crippen LogP contribution in [-0.2, 0) is 28.5 Å². The highest BCUT2D eigenvalue weighted by Gasteiger charge is 2.72. The average Bonchev–Trinajstić information content (AvgIpc) is 3.02. The van der Waals surface area contributed by atoms with Crippen LogP contribution in [0, 0.1) is 62.6 Å². The molecule has 4 fully saturated rings. The summed E-state index contributed by atoms with van der Waals surface area (Å²) < 4.78 is 26.4. The number of fused-ring (bicyclic) bond motifs is 3. The van der Waals surface area contributed by atoms with Crippen LogP contribution in [0.4, 0.5) is 0 Å². The van der Waals surface area contributed by atoms with Crippen LogP contribution in [0.5, 0.6) is 0 Å². The number of carbonyl (C=O) groups is 2. The van der Waals surface area contributed by atoms with E-state index < -0.39 is 0 Å². The Morgan fingerprint density at radius 2 is 1.65 bits per heavy atom. The third kappa shape index (κ3) is 6.47. The second-order valence-electron chi connectivity index (χ2n) is 19.8. The minimum Gasteiger partial charge on any atom is -0.465 e. The molecule has 1 saturated heterocycles. The van der Waals surface area contributed by atoms with Gasteiger partial charge in [0.1, 0.15) is 12.2 Å². The summed E-state index contributed by atoms with van der Waals surface area (Å²) in [6.07, 6.45) is 9.68. The predicted octanol–water partition coefficient (Wildman–Crippen LogP) is 9.13. The minimum absolute atomic E-state index is 0.0169. The normalized spacial score (nSPS) is 42.3. The third-order valence-electron chi connectivity index (χ3n) is 16.2. The van der Waals surface area contributed by atoms with E-state index in [9.17, 15) is 9.59 Å². The predicted molar refractivity (Wildman–Crippen MR) is 204 cm³/mol. The van der Waals surface area contributed by atoms with E-state index in [-0.39, 0.29) is 69.3 Å². The van der Waals surface area contributed by atoms with E-state index in [0.717, 1.165) is 51.4 Å². The molecule has 1 heterocycles. The topological polar surface area (TPSA) is 74.3 Å². The van der Waals surface area contributed by atoms with E-state index >= 15 is 0 Å². The first-order chi connectivity index (χ1) is 23.7. The minimum atomic E-state index is -0.353. The van der Waals surface area contributed by atoms with Gasteiger partial charge in [-0.15, -0.1) is 0 Å². The second kappa shape index (κ2) is 14.7. The molecule has 7 heteroatoms. The Balaban J connectivity index is 1.58. The summed E-state index contributed by atoms with van der Waals surface area (Å²) in [5.41, 5.74) is 0.504. The molecule has 0 radical (unpaired) electrons. The first-order valence-corrected chi connectivity index (χ1v) is 20.7. The second-order valence-corrected chi connectivity index (χ2v) is 19.8. The number of carbonyl (C=O) groups excluding carboxylic acids is 2. The van der Waals surface area contributed by atoms with Crippen LogP contribution in [0.15, 0.2) is 11.6 Å². The van der Waals surface area contributed by atoms with Crippen molar-refractivity contribution in [1.82, 2.24) is 4.90 Å². The van der Waals surface area contributed by atoms with Gasteiger partial charge in [-0.3, -0.25) is 9.59 Å². The molecule has 5 aliphatic rings. The number of likely N-dealkylation sites (N-methyl/N-ethyl adjacent to an activating group) is 1. The lowest BCUT2D eigenvalue weighted by molar-refractivity contribution is -0.277. The molecule has 4 aliphatic carbocycles. The summed E-state index contributed by atoms with van der Waals surface area (Å²) in [6.45, 7) is 28.9. The van der Waals surface area contributed by atoms with Gasteiger partial charge in [-0.05, 0) is 112 Å². The van der Waals surface area contributed by atoms with Gasteiger partial charge in [0.2, 0.25) is 0 Å². The number of ether oxygens (including phenoxy) is 4. The van der Waals surface area contributed by atoms with Crippen LogP contribution >= 0.6 is 0 Å². The standard InChI is InChI=1S/C44H75NO6/c1-15-16-23-49-39(47)37-40(9,29(6)27(2)3)21-22-42(11)32-17-18-35-41(10)25-48-26-44(35,33(32)19-20-43(37,42)12)24-34(51-31(8)46)38(41)50-30(7)36(28(4)5)45(13)14/h19,27-30,32,34-38H,15-18,20-26H2,1-14H3/t29-,30?,32+,34-,35+,36?,37-,38+,40-,41+,42-,43+,44+/m1/s1. The van der Waals surface area contributed by atoms with Crippen LogP contribution in [0.2, 0.25) is 0 Å². The molecular formula is C44H75NO6. The van der Waals surface area contributed by atoms with Gasteiger partial charge in [0, 0.05) is 23.8 Å². The number of unbranched alkanes of at least 4 members (excludes halogenated alkanes) is 1. The van der Waals surface area contributed by atoms with Crippen LogP contribution in [-0.4, -0.2) is 75.1 Å². The molecule has 292 valence electrons. The smallest absolute Gasteiger partial charge is 0.310 e. The van der Waals surface area contributed by atoms with Gasteiger partial charge in [-0.2, -0.15) is 0 Å².